The topological polar surface area (TPSA) is 55.2 Å². The molecule has 0 fully saturated rings. The van der Waals surface area contributed by atoms with Crippen molar-refractivity contribution >= 4 is 26.0 Å². The van der Waals surface area contributed by atoms with Crippen LogP contribution >= 0.6 is 15.9 Å². The number of nitrogens with zero attached hydrogens (tertiary/aromatic N) is 3. The molecule has 0 radical (unpaired) electrons. The molecule has 0 saturated carbocycles. The van der Waals surface area contributed by atoms with Crippen LogP contribution in [0.2, 0.25) is 0 Å². The molecular formula is C11H20BrN3O2S. The number of aromatic nitrogens is 2. The molecule has 0 aliphatic heterocycles. The summed E-state index contributed by atoms with van der Waals surface area (Å²) in [5.74, 6) is 0. The average Bonchev–Trinajstić information content (AvgIpc) is 2.49. The second-order valence-electron chi connectivity index (χ2n) is 4.52. The van der Waals surface area contributed by atoms with E-state index in [0.717, 1.165) is 6.42 Å². The van der Waals surface area contributed by atoms with Gasteiger partial charge in [-0.2, -0.15) is 5.10 Å². The molecular weight excluding hydrogens is 318 g/mol. The molecule has 0 N–H and O–H groups in total. The van der Waals surface area contributed by atoms with E-state index in [0.29, 0.717) is 27.7 Å². The molecule has 1 aromatic rings. The van der Waals surface area contributed by atoms with Gasteiger partial charge in [0.2, 0.25) is 10.0 Å². The van der Waals surface area contributed by atoms with E-state index in [1.54, 1.807) is 32.6 Å². The van der Waals surface area contributed by atoms with Crippen LogP contribution < -0.4 is 0 Å². The molecule has 0 aliphatic carbocycles. The van der Waals surface area contributed by atoms with Gasteiger partial charge in [-0.1, -0.05) is 22.9 Å². The fourth-order valence-corrected chi connectivity index (χ4v) is 3.54. The minimum Gasteiger partial charge on any atom is -0.271 e. The summed E-state index contributed by atoms with van der Waals surface area (Å²) in [4.78, 5) is 0.626. The molecule has 5 nitrogen and oxygen atoms in total. The molecule has 1 heterocycles. The van der Waals surface area contributed by atoms with Crippen molar-refractivity contribution < 1.29 is 8.42 Å². The smallest absolute Gasteiger partial charge is 0.246 e. The molecule has 1 rings (SSSR count). The Balaban J connectivity index is 3.06. The summed E-state index contributed by atoms with van der Waals surface area (Å²) < 4.78 is 27.9. The number of hydrogen-bond acceptors (Lipinski definition) is 3. The third-order valence-electron chi connectivity index (χ3n) is 2.95. The maximum atomic E-state index is 12.5. The lowest BCUT2D eigenvalue weighted by Crippen LogP contribution is -2.29. The van der Waals surface area contributed by atoms with Crippen molar-refractivity contribution in [2.24, 2.45) is 7.05 Å². The van der Waals surface area contributed by atoms with Gasteiger partial charge in [0.1, 0.15) is 4.90 Å². The minimum atomic E-state index is -3.45. The summed E-state index contributed by atoms with van der Waals surface area (Å²) in [7, 11) is -0.0864. The van der Waals surface area contributed by atoms with Gasteiger partial charge < -0.3 is 0 Å². The first kappa shape index (κ1) is 15.7. The van der Waals surface area contributed by atoms with E-state index in [1.807, 2.05) is 6.92 Å². The number of halogens is 1. The lowest BCUT2D eigenvalue weighted by molar-refractivity contribution is 0.461. The zero-order valence-electron chi connectivity index (χ0n) is 11.4. The van der Waals surface area contributed by atoms with Crippen LogP contribution in [0.4, 0.5) is 0 Å². The quantitative estimate of drug-likeness (QED) is 0.770. The Bertz CT molecular complexity index is 523. The molecule has 18 heavy (non-hydrogen) atoms. The van der Waals surface area contributed by atoms with Crippen molar-refractivity contribution in [3.05, 3.63) is 11.4 Å². The van der Waals surface area contributed by atoms with E-state index in [1.165, 1.54) is 4.31 Å². The molecule has 0 bridgehead atoms. The van der Waals surface area contributed by atoms with E-state index in [-0.39, 0.29) is 0 Å². The van der Waals surface area contributed by atoms with E-state index in [2.05, 4.69) is 21.0 Å². The maximum absolute atomic E-state index is 12.5. The van der Waals surface area contributed by atoms with Gasteiger partial charge in [0.05, 0.1) is 11.4 Å². The van der Waals surface area contributed by atoms with Crippen LogP contribution in [-0.4, -0.2) is 40.9 Å². The lowest BCUT2D eigenvalue weighted by atomic mass is 10.3. The van der Waals surface area contributed by atoms with Crippen LogP contribution in [0.3, 0.4) is 0 Å². The first-order valence-electron chi connectivity index (χ1n) is 5.78. The van der Waals surface area contributed by atoms with Crippen molar-refractivity contribution in [2.45, 2.75) is 36.9 Å². The highest BCUT2D eigenvalue weighted by atomic mass is 79.9. The van der Waals surface area contributed by atoms with Crippen LogP contribution in [0, 0.1) is 13.8 Å². The van der Waals surface area contributed by atoms with E-state index in [9.17, 15) is 8.42 Å². The molecule has 0 aliphatic rings. The van der Waals surface area contributed by atoms with E-state index >= 15 is 0 Å². The van der Waals surface area contributed by atoms with Gasteiger partial charge in [0.15, 0.2) is 0 Å². The summed E-state index contributed by atoms with van der Waals surface area (Å²) in [6.45, 7) is 5.98. The summed E-state index contributed by atoms with van der Waals surface area (Å²) in [5.41, 5.74) is 1.22. The van der Waals surface area contributed by atoms with Crippen LogP contribution in [0.15, 0.2) is 4.90 Å². The monoisotopic (exact) mass is 337 g/mol. The summed E-state index contributed by atoms with van der Waals surface area (Å²) in [5, 5.41) is 4.16. The predicted molar refractivity (Wildman–Crippen MR) is 75.5 cm³/mol. The average molecular weight is 338 g/mol. The first-order chi connectivity index (χ1) is 8.17. The number of hydrogen-bond donors (Lipinski definition) is 0. The lowest BCUT2D eigenvalue weighted by Gasteiger charge is -2.18. The first-order valence-corrected chi connectivity index (χ1v) is 8.14. The standard InChI is InChI=1S/C11H20BrN3O2S/c1-8(12)6-7-14(4)18(16,17)11-9(2)13-15(5)10(11)3/h8H,6-7H2,1-5H3. The van der Waals surface area contributed by atoms with E-state index in [4.69, 9.17) is 0 Å². The third kappa shape index (κ3) is 3.13. The second kappa shape index (κ2) is 5.71. The van der Waals surface area contributed by atoms with Crippen molar-refractivity contribution in [1.29, 1.82) is 0 Å². The maximum Gasteiger partial charge on any atom is 0.246 e. The van der Waals surface area contributed by atoms with Gasteiger partial charge in [0.25, 0.3) is 0 Å². The Morgan fingerprint density at radius 3 is 2.39 bits per heavy atom. The molecule has 104 valence electrons. The molecule has 1 unspecified atom stereocenters. The normalized spacial score (nSPS) is 14.2. The summed E-state index contributed by atoms with van der Waals surface area (Å²) >= 11 is 3.42. The fourth-order valence-electron chi connectivity index (χ4n) is 1.76. The van der Waals surface area contributed by atoms with Gasteiger partial charge in [0, 0.05) is 25.5 Å². The highest BCUT2D eigenvalue weighted by Gasteiger charge is 2.27. The molecule has 1 aromatic heterocycles. The van der Waals surface area contributed by atoms with E-state index < -0.39 is 10.0 Å². The molecule has 0 aromatic carbocycles. The number of alkyl halides is 1. The van der Waals surface area contributed by atoms with Crippen LogP contribution in [0.1, 0.15) is 24.7 Å². The van der Waals surface area contributed by atoms with Crippen LogP contribution in [-0.2, 0) is 17.1 Å². The van der Waals surface area contributed by atoms with Crippen molar-refractivity contribution in [1.82, 2.24) is 14.1 Å². The Labute approximate surface area is 117 Å². The predicted octanol–water partition coefficient (Wildman–Crippen LogP) is 1.83. The number of rotatable bonds is 5. The minimum absolute atomic E-state index is 0.297. The van der Waals surface area contributed by atoms with Crippen molar-refractivity contribution in [2.75, 3.05) is 13.6 Å². The Morgan fingerprint density at radius 2 is 2.00 bits per heavy atom. The summed E-state index contributed by atoms with van der Waals surface area (Å²) in [6, 6.07) is 0. The number of aryl methyl sites for hydroxylation is 2. The van der Waals surface area contributed by atoms with Gasteiger partial charge >= 0.3 is 0 Å². The van der Waals surface area contributed by atoms with Crippen molar-refractivity contribution in [3.63, 3.8) is 0 Å². The van der Waals surface area contributed by atoms with Crippen LogP contribution in [0.25, 0.3) is 0 Å². The Kier molecular flexibility index (Phi) is 4.97. The van der Waals surface area contributed by atoms with Crippen molar-refractivity contribution in [3.8, 4) is 0 Å². The highest BCUT2D eigenvalue weighted by molar-refractivity contribution is 9.09. The Morgan fingerprint density at radius 1 is 1.44 bits per heavy atom. The van der Waals surface area contributed by atoms with Gasteiger partial charge in [-0.3, -0.25) is 4.68 Å². The molecule has 1 atom stereocenters. The SMILES string of the molecule is Cc1nn(C)c(C)c1S(=O)(=O)N(C)CCC(C)Br. The Hall–Kier alpha value is -0.400. The third-order valence-corrected chi connectivity index (χ3v) is 5.52. The van der Waals surface area contributed by atoms with Gasteiger partial charge in [-0.15, -0.1) is 0 Å². The zero-order chi connectivity index (χ0) is 14.1. The highest BCUT2D eigenvalue weighted by Crippen LogP contribution is 2.22. The molecule has 0 spiro atoms. The number of sulfonamides is 1. The second-order valence-corrected chi connectivity index (χ2v) is 8.06. The molecule has 0 amide bonds. The summed E-state index contributed by atoms with van der Waals surface area (Å²) in [6.07, 6.45) is 0.772. The van der Waals surface area contributed by atoms with Gasteiger partial charge in [-0.25, -0.2) is 12.7 Å². The zero-order valence-corrected chi connectivity index (χ0v) is 13.8. The molecule has 0 saturated heterocycles. The largest absolute Gasteiger partial charge is 0.271 e. The molecule has 7 heteroatoms. The van der Waals surface area contributed by atoms with Crippen LogP contribution in [0.5, 0.6) is 0 Å². The van der Waals surface area contributed by atoms with Gasteiger partial charge in [-0.05, 0) is 20.3 Å². The fraction of sp³-hybridized carbons (Fsp3) is 0.727.